The lowest BCUT2D eigenvalue weighted by atomic mass is 10.2. The number of nitrogens with zero attached hydrogens (tertiary/aromatic N) is 2. The molecule has 0 bridgehead atoms. The van der Waals surface area contributed by atoms with E-state index in [0.29, 0.717) is 40.1 Å². The van der Waals surface area contributed by atoms with Crippen molar-refractivity contribution in [3.05, 3.63) is 70.5 Å². The normalized spacial score (nSPS) is 10.8. The van der Waals surface area contributed by atoms with Crippen molar-refractivity contribution < 1.29 is 23.4 Å². The van der Waals surface area contributed by atoms with Gasteiger partial charge in [-0.1, -0.05) is 18.2 Å². The number of hydrogen-bond donors (Lipinski definition) is 1. The molecule has 0 fully saturated rings. The molecule has 0 radical (unpaired) electrons. The van der Waals surface area contributed by atoms with Gasteiger partial charge in [-0.15, -0.1) is 11.3 Å². The van der Waals surface area contributed by atoms with Gasteiger partial charge >= 0.3 is 5.97 Å². The molecule has 7 nitrogen and oxygen atoms in total. The summed E-state index contributed by atoms with van der Waals surface area (Å²) in [6.07, 6.45) is 1.69. The van der Waals surface area contributed by atoms with Gasteiger partial charge in [0.15, 0.2) is 11.5 Å². The number of carbonyl (C=O) groups is 1. The van der Waals surface area contributed by atoms with E-state index in [1.165, 1.54) is 23.5 Å². The van der Waals surface area contributed by atoms with Crippen LogP contribution in [0, 0.1) is 5.82 Å². The van der Waals surface area contributed by atoms with E-state index in [1.54, 1.807) is 43.8 Å². The van der Waals surface area contributed by atoms with Crippen molar-refractivity contribution in [3.8, 4) is 11.5 Å². The SMILES string of the molecule is CCOC(=O)Cc1csc(NN=Cc2cccc(OC)c2OCc2cccc(F)c2)n1. The summed E-state index contributed by atoms with van der Waals surface area (Å²) < 4.78 is 29.6. The van der Waals surface area contributed by atoms with Crippen molar-refractivity contribution in [1.29, 1.82) is 0 Å². The maximum absolute atomic E-state index is 13.4. The van der Waals surface area contributed by atoms with E-state index in [0.717, 1.165) is 0 Å². The lowest BCUT2D eigenvalue weighted by Crippen LogP contribution is -2.07. The maximum atomic E-state index is 13.4. The van der Waals surface area contributed by atoms with E-state index in [1.807, 2.05) is 12.1 Å². The maximum Gasteiger partial charge on any atom is 0.311 e. The Balaban J connectivity index is 1.67. The van der Waals surface area contributed by atoms with Crippen LogP contribution in [0.5, 0.6) is 11.5 Å². The lowest BCUT2D eigenvalue weighted by molar-refractivity contribution is -0.142. The topological polar surface area (TPSA) is 82.0 Å². The number of hydrogen-bond acceptors (Lipinski definition) is 8. The van der Waals surface area contributed by atoms with Crippen molar-refractivity contribution in [2.75, 3.05) is 19.1 Å². The smallest absolute Gasteiger partial charge is 0.311 e. The number of ether oxygens (including phenoxy) is 3. The molecule has 1 heterocycles. The van der Waals surface area contributed by atoms with E-state index in [2.05, 4.69) is 15.5 Å². The van der Waals surface area contributed by atoms with Gasteiger partial charge in [-0.05, 0) is 36.8 Å². The van der Waals surface area contributed by atoms with Crippen molar-refractivity contribution in [2.24, 2.45) is 5.10 Å². The van der Waals surface area contributed by atoms with Crippen LogP contribution in [0.25, 0.3) is 0 Å². The summed E-state index contributed by atoms with van der Waals surface area (Å²) in [6, 6.07) is 11.6. The first-order valence-electron chi connectivity index (χ1n) is 9.52. The van der Waals surface area contributed by atoms with Crippen LogP contribution in [-0.4, -0.2) is 30.9 Å². The highest BCUT2D eigenvalue weighted by Crippen LogP contribution is 2.31. The number of rotatable bonds is 10. The number of para-hydroxylation sites is 1. The van der Waals surface area contributed by atoms with Crippen LogP contribution in [0.3, 0.4) is 0 Å². The second-order valence-electron chi connectivity index (χ2n) is 6.29. The Morgan fingerprint density at radius 1 is 1.29 bits per heavy atom. The first-order valence-corrected chi connectivity index (χ1v) is 10.4. The molecule has 0 aliphatic carbocycles. The quantitative estimate of drug-likeness (QED) is 0.284. The van der Waals surface area contributed by atoms with Crippen LogP contribution in [0.4, 0.5) is 9.52 Å². The molecule has 1 aromatic heterocycles. The number of methoxy groups -OCH3 is 1. The third kappa shape index (κ3) is 6.51. The molecule has 3 rings (SSSR count). The van der Waals surface area contributed by atoms with Gasteiger partial charge < -0.3 is 14.2 Å². The number of aromatic nitrogens is 1. The highest BCUT2D eigenvalue weighted by atomic mass is 32.1. The summed E-state index contributed by atoms with van der Waals surface area (Å²) in [6.45, 7) is 2.27. The molecule has 0 spiro atoms. The zero-order valence-corrected chi connectivity index (χ0v) is 17.9. The Bertz CT molecular complexity index is 1050. The Morgan fingerprint density at radius 3 is 2.90 bits per heavy atom. The molecule has 0 atom stereocenters. The minimum atomic E-state index is -0.321. The summed E-state index contributed by atoms with van der Waals surface area (Å²) >= 11 is 1.33. The number of anilines is 1. The Labute approximate surface area is 183 Å². The van der Waals surface area contributed by atoms with Gasteiger partial charge in [0, 0.05) is 10.9 Å². The van der Waals surface area contributed by atoms with Gasteiger partial charge in [-0.2, -0.15) is 5.10 Å². The third-order valence-electron chi connectivity index (χ3n) is 4.05. The summed E-state index contributed by atoms with van der Waals surface area (Å²) in [4.78, 5) is 15.9. The number of carbonyl (C=O) groups excluding carboxylic acids is 1. The molecule has 2 aromatic carbocycles. The average Bonchev–Trinajstić information content (AvgIpc) is 3.19. The van der Waals surface area contributed by atoms with Gasteiger partial charge in [0.25, 0.3) is 0 Å². The molecule has 31 heavy (non-hydrogen) atoms. The van der Waals surface area contributed by atoms with E-state index in [4.69, 9.17) is 14.2 Å². The predicted molar refractivity (Wildman–Crippen MR) is 117 cm³/mol. The summed E-state index contributed by atoms with van der Waals surface area (Å²) in [5.41, 5.74) is 4.83. The fraction of sp³-hybridized carbons (Fsp3) is 0.227. The molecule has 0 unspecified atom stereocenters. The summed E-state index contributed by atoms with van der Waals surface area (Å²) in [7, 11) is 1.55. The average molecular weight is 444 g/mol. The Morgan fingerprint density at radius 2 is 2.13 bits per heavy atom. The van der Waals surface area contributed by atoms with Crippen molar-refractivity contribution in [2.45, 2.75) is 20.0 Å². The summed E-state index contributed by atoms with van der Waals surface area (Å²) in [5, 5.41) is 6.52. The standard InChI is InChI=1S/C22H22FN3O4S/c1-3-29-20(27)11-18-14-31-22(25-18)26-24-12-16-7-5-9-19(28-2)21(16)30-13-15-6-4-8-17(23)10-15/h4-10,12,14H,3,11,13H2,1-2H3,(H,25,26). The minimum absolute atomic E-state index is 0.115. The molecule has 0 aliphatic rings. The molecule has 9 heteroatoms. The third-order valence-corrected chi connectivity index (χ3v) is 4.84. The summed E-state index contributed by atoms with van der Waals surface area (Å²) in [5.74, 6) is 0.380. The Hall–Kier alpha value is -3.46. The zero-order chi connectivity index (χ0) is 22.1. The number of benzene rings is 2. The number of nitrogens with one attached hydrogen (secondary N) is 1. The first-order chi connectivity index (χ1) is 15.1. The van der Waals surface area contributed by atoms with Crippen molar-refractivity contribution >= 4 is 28.7 Å². The van der Waals surface area contributed by atoms with E-state index < -0.39 is 0 Å². The van der Waals surface area contributed by atoms with Crippen LogP contribution in [0.1, 0.15) is 23.7 Å². The van der Waals surface area contributed by atoms with Crippen molar-refractivity contribution in [1.82, 2.24) is 4.98 Å². The largest absolute Gasteiger partial charge is 0.493 e. The fourth-order valence-electron chi connectivity index (χ4n) is 2.69. The van der Waals surface area contributed by atoms with E-state index >= 15 is 0 Å². The number of halogens is 1. The van der Waals surface area contributed by atoms with Crippen molar-refractivity contribution in [3.63, 3.8) is 0 Å². The van der Waals surface area contributed by atoms with Crippen LogP contribution in [0.2, 0.25) is 0 Å². The zero-order valence-electron chi connectivity index (χ0n) is 17.1. The van der Waals surface area contributed by atoms with Crippen LogP contribution >= 0.6 is 11.3 Å². The van der Waals surface area contributed by atoms with Gasteiger partial charge in [-0.25, -0.2) is 9.37 Å². The highest BCUT2D eigenvalue weighted by molar-refractivity contribution is 7.13. The van der Waals surface area contributed by atoms with Gasteiger partial charge in [-0.3, -0.25) is 10.2 Å². The van der Waals surface area contributed by atoms with Crippen LogP contribution in [0.15, 0.2) is 52.9 Å². The molecule has 162 valence electrons. The molecular weight excluding hydrogens is 421 g/mol. The first kappa shape index (κ1) is 22.2. The van der Waals surface area contributed by atoms with Crippen LogP contribution in [-0.2, 0) is 22.6 Å². The number of esters is 1. The lowest BCUT2D eigenvalue weighted by Gasteiger charge is -2.13. The fourth-order valence-corrected chi connectivity index (χ4v) is 3.35. The van der Waals surface area contributed by atoms with E-state index in [9.17, 15) is 9.18 Å². The molecule has 0 amide bonds. The molecular formula is C22H22FN3O4S. The molecule has 1 N–H and O–H groups in total. The second-order valence-corrected chi connectivity index (χ2v) is 7.15. The monoisotopic (exact) mass is 443 g/mol. The molecule has 0 saturated heterocycles. The minimum Gasteiger partial charge on any atom is -0.493 e. The Kier molecular flexibility index (Phi) is 7.94. The predicted octanol–water partition coefficient (Wildman–Crippen LogP) is 4.42. The highest BCUT2D eigenvalue weighted by Gasteiger charge is 2.11. The van der Waals surface area contributed by atoms with Crippen LogP contribution < -0.4 is 14.9 Å². The van der Waals surface area contributed by atoms with Gasteiger partial charge in [0.1, 0.15) is 12.4 Å². The molecule has 3 aromatic rings. The molecule has 0 aliphatic heterocycles. The second kappa shape index (κ2) is 11.1. The van der Waals surface area contributed by atoms with Gasteiger partial charge in [0.05, 0.1) is 32.0 Å². The molecule has 0 saturated carbocycles. The number of hydrazone groups is 1. The number of thiazole rings is 1. The van der Waals surface area contributed by atoms with Gasteiger partial charge in [0.2, 0.25) is 5.13 Å². The van der Waals surface area contributed by atoms with E-state index in [-0.39, 0.29) is 24.8 Å².